The minimum absolute atomic E-state index is 0.203. The molecule has 2 heterocycles. The van der Waals surface area contributed by atoms with E-state index in [1.807, 2.05) is 0 Å². The van der Waals surface area contributed by atoms with Gasteiger partial charge in [-0.3, -0.25) is 4.79 Å². The highest BCUT2D eigenvalue weighted by Gasteiger charge is 2.51. The molecule has 0 saturated carbocycles. The third-order valence-electron chi connectivity index (χ3n) is 17.7. The van der Waals surface area contributed by atoms with Crippen molar-refractivity contribution < 1.29 is 64.6 Å². The van der Waals surface area contributed by atoms with Crippen LogP contribution in [0.3, 0.4) is 0 Å². The SMILES string of the molecule is CCCCCCCCCC/C=C\CCCCCCCCCCCCCCCCCCCCCCCCCCCCCCCC(=O)NC(COC1OC(CO)C(OC2OC(CO)C(O)C(O)C2O)C(O)C1O)C(O)CCCCCCCCCC. The number of rotatable bonds is 59. The third-order valence-corrected chi connectivity index (χ3v) is 17.7. The van der Waals surface area contributed by atoms with Crippen molar-refractivity contribution in [2.24, 2.45) is 0 Å². The van der Waals surface area contributed by atoms with E-state index in [1.165, 1.54) is 250 Å². The summed E-state index contributed by atoms with van der Waals surface area (Å²) in [6.07, 6.45) is 50.3. The number of nitrogens with one attached hydrogen (secondary N) is 1. The summed E-state index contributed by atoms with van der Waals surface area (Å²) in [4.78, 5) is 13.2. The molecule has 14 nitrogen and oxygen atoms in total. The topological polar surface area (TPSA) is 228 Å². The van der Waals surface area contributed by atoms with Crippen molar-refractivity contribution in [3.8, 4) is 0 Å². The van der Waals surface area contributed by atoms with Gasteiger partial charge in [-0.1, -0.05) is 296 Å². The van der Waals surface area contributed by atoms with Gasteiger partial charge in [-0.25, -0.2) is 0 Å². The van der Waals surface area contributed by atoms with Crippen molar-refractivity contribution in [1.82, 2.24) is 5.32 Å². The van der Waals surface area contributed by atoms with Gasteiger partial charge in [0.2, 0.25) is 5.91 Å². The zero-order valence-corrected chi connectivity index (χ0v) is 53.5. The lowest BCUT2D eigenvalue weighted by atomic mass is 9.97. The second-order valence-electron chi connectivity index (χ2n) is 25.4. The van der Waals surface area contributed by atoms with Gasteiger partial charge in [0.05, 0.1) is 32.0 Å². The molecule has 0 aromatic heterocycles. The minimum atomic E-state index is -1.78. The second-order valence-corrected chi connectivity index (χ2v) is 25.4. The lowest BCUT2D eigenvalue weighted by Crippen LogP contribution is -2.65. The molecule has 12 atom stereocenters. The van der Waals surface area contributed by atoms with Gasteiger partial charge in [-0.2, -0.15) is 0 Å². The van der Waals surface area contributed by atoms with E-state index in [1.54, 1.807) is 0 Å². The number of amides is 1. The first-order chi connectivity index (χ1) is 40.6. The quantitative estimate of drug-likeness (QED) is 0.0204. The molecule has 0 bridgehead atoms. The fraction of sp³-hybridized carbons (Fsp3) is 0.957. The van der Waals surface area contributed by atoms with E-state index in [0.717, 1.165) is 51.4 Å². The van der Waals surface area contributed by atoms with Crippen molar-refractivity contribution in [2.75, 3.05) is 19.8 Å². The molecular weight excluding hydrogens is 1050 g/mol. The maximum Gasteiger partial charge on any atom is 0.220 e. The van der Waals surface area contributed by atoms with Gasteiger partial charge < -0.3 is 65.1 Å². The molecule has 2 aliphatic heterocycles. The van der Waals surface area contributed by atoms with E-state index < -0.39 is 86.8 Å². The summed E-state index contributed by atoms with van der Waals surface area (Å²) in [7, 11) is 0. The van der Waals surface area contributed by atoms with Crippen LogP contribution in [0.25, 0.3) is 0 Å². The number of carbonyl (C=O) groups excluding carboxylic acids is 1. The lowest BCUT2D eigenvalue weighted by Gasteiger charge is -2.46. The standard InChI is InChI=1S/C69H133NO13/c1-3-5-7-9-11-13-14-15-16-17-18-19-20-21-22-23-24-25-26-27-28-29-30-31-32-33-34-35-36-37-38-39-40-41-42-43-44-45-47-49-51-53-61(74)70-57(58(73)52-50-48-46-12-10-8-6-4-2)56-80-68-66(79)64(77)67(60(55-72)82-68)83-69-65(78)63(76)62(75)59(54-71)81-69/h17-18,57-60,62-69,71-73,75-79H,3-16,19-56H2,1-2H3,(H,70,74)/b18-17-. The van der Waals surface area contributed by atoms with E-state index >= 15 is 0 Å². The van der Waals surface area contributed by atoms with Gasteiger partial charge in [-0.05, 0) is 38.5 Å². The molecule has 0 radical (unpaired) electrons. The highest BCUT2D eigenvalue weighted by molar-refractivity contribution is 5.76. The molecule has 2 saturated heterocycles. The highest BCUT2D eigenvalue weighted by Crippen LogP contribution is 2.30. The Labute approximate surface area is 507 Å². The van der Waals surface area contributed by atoms with E-state index in [2.05, 4.69) is 31.3 Å². The lowest BCUT2D eigenvalue weighted by molar-refractivity contribution is -0.359. The largest absolute Gasteiger partial charge is 0.394 e. The van der Waals surface area contributed by atoms with E-state index in [9.17, 15) is 45.6 Å². The van der Waals surface area contributed by atoms with Crippen LogP contribution in [0.1, 0.15) is 328 Å². The van der Waals surface area contributed by atoms with E-state index in [4.69, 9.17) is 18.9 Å². The Balaban J connectivity index is 1.46. The number of hydrogen-bond acceptors (Lipinski definition) is 13. The van der Waals surface area contributed by atoms with Crippen LogP contribution in [0.5, 0.6) is 0 Å². The number of unbranched alkanes of at least 4 members (excludes halogenated alkanes) is 44. The summed E-state index contributed by atoms with van der Waals surface area (Å²) >= 11 is 0. The molecule has 14 heteroatoms. The molecule has 1 amide bonds. The summed E-state index contributed by atoms with van der Waals surface area (Å²) in [6.45, 7) is 2.85. The van der Waals surface area contributed by atoms with Crippen LogP contribution in [0.15, 0.2) is 12.2 Å². The van der Waals surface area contributed by atoms with E-state index in [-0.39, 0.29) is 12.5 Å². The number of carbonyl (C=O) groups is 1. The average molecular weight is 1180 g/mol. The molecule has 0 aliphatic carbocycles. The first-order valence-corrected chi connectivity index (χ1v) is 35.4. The van der Waals surface area contributed by atoms with Crippen LogP contribution in [0.2, 0.25) is 0 Å². The molecule has 12 unspecified atom stereocenters. The average Bonchev–Trinajstić information content (AvgIpc) is 3.45. The Kier molecular flexibility index (Phi) is 51.4. The zero-order chi connectivity index (χ0) is 60.2. The van der Waals surface area contributed by atoms with Gasteiger partial charge in [0.1, 0.15) is 48.8 Å². The molecule has 2 fully saturated rings. The van der Waals surface area contributed by atoms with Gasteiger partial charge >= 0.3 is 0 Å². The van der Waals surface area contributed by atoms with Crippen LogP contribution in [-0.4, -0.2) is 140 Å². The Bertz CT molecular complexity index is 1440. The summed E-state index contributed by atoms with van der Waals surface area (Å²) in [5, 5.41) is 87.0. The van der Waals surface area contributed by atoms with Crippen molar-refractivity contribution in [3.63, 3.8) is 0 Å². The maximum absolute atomic E-state index is 13.2. The Morgan fingerprint density at radius 3 is 1.14 bits per heavy atom. The number of aliphatic hydroxyl groups is 8. The third kappa shape index (κ3) is 39.4. The summed E-state index contributed by atoms with van der Waals surface area (Å²) in [5.74, 6) is -0.203. The fourth-order valence-electron chi connectivity index (χ4n) is 12.1. The molecule has 2 rings (SSSR count). The van der Waals surface area contributed by atoms with Crippen LogP contribution in [0.4, 0.5) is 0 Å². The summed E-state index contributed by atoms with van der Waals surface area (Å²) in [6, 6.07) is -0.822. The molecule has 0 aromatic rings. The highest BCUT2D eigenvalue weighted by atomic mass is 16.7. The fourth-order valence-corrected chi connectivity index (χ4v) is 12.1. The second kappa shape index (κ2) is 54.8. The minimum Gasteiger partial charge on any atom is -0.394 e. The maximum atomic E-state index is 13.2. The predicted molar refractivity (Wildman–Crippen MR) is 337 cm³/mol. The van der Waals surface area contributed by atoms with Crippen molar-refractivity contribution in [1.29, 1.82) is 0 Å². The molecule has 2 aliphatic rings. The van der Waals surface area contributed by atoms with Crippen molar-refractivity contribution >= 4 is 5.91 Å². The number of ether oxygens (including phenoxy) is 4. The number of hydrogen-bond donors (Lipinski definition) is 9. The number of allylic oxidation sites excluding steroid dienone is 2. The Morgan fingerprint density at radius 1 is 0.422 bits per heavy atom. The van der Waals surface area contributed by atoms with Crippen molar-refractivity contribution in [3.05, 3.63) is 12.2 Å². The van der Waals surface area contributed by atoms with Gasteiger partial charge in [-0.15, -0.1) is 0 Å². The van der Waals surface area contributed by atoms with E-state index in [0.29, 0.717) is 12.8 Å². The zero-order valence-electron chi connectivity index (χ0n) is 53.5. The van der Waals surface area contributed by atoms with Crippen LogP contribution in [-0.2, 0) is 23.7 Å². The Hall–Kier alpha value is -1.27. The van der Waals surface area contributed by atoms with Crippen LogP contribution >= 0.6 is 0 Å². The molecule has 83 heavy (non-hydrogen) atoms. The normalized spacial score (nSPS) is 23.8. The molecule has 492 valence electrons. The molecule has 9 N–H and O–H groups in total. The smallest absolute Gasteiger partial charge is 0.220 e. The monoisotopic (exact) mass is 1180 g/mol. The first kappa shape index (κ1) is 77.8. The molecular formula is C69H133NO13. The molecule has 0 aromatic carbocycles. The van der Waals surface area contributed by atoms with Crippen molar-refractivity contribution in [2.45, 2.75) is 402 Å². The van der Waals surface area contributed by atoms with Gasteiger partial charge in [0.25, 0.3) is 0 Å². The summed E-state index contributed by atoms with van der Waals surface area (Å²) in [5.41, 5.74) is 0. The molecule has 0 spiro atoms. The van der Waals surface area contributed by atoms with Gasteiger partial charge in [0.15, 0.2) is 12.6 Å². The van der Waals surface area contributed by atoms with Crippen LogP contribution in [0, 0.1) is 0 Å². The Morgan fingerprint density at radius 2 is 0.759 bits per heavy atom. The first-order valence-electron chi connectivity index (χ1n) is 35.4. The predicted octanol–water partition coefficient (Wildman–Crippen LogP) is 14.2. The van der Waals surface area contributed by atoms with Crippen LogP contribution < -0.4 is 5.32 Å². The van der Waals surface area contributed by atoms with Gasteiger partial charge in [0, 0.05) is 6.42 Å². The summed E-state index contributed by atoms with van der Waals surface area (Å²) < 4.78 is 22.8. The number of aliphatic hydroxyl groups excluding tert-OH is 8.